The van der Waals surface area contributed by atoms with Gasteiger partial charge in [0.1, 0.15) is 0 Å². The van der Waals surface area contributed by atoms with E-state index in [1.807, 2.05) is 31.2 Å². The summed E-state index contributed by atoms with van der Waals surface area (Å²) in [4.78, 5) is 4.09. The molecule has 0 saturated heterocycles. The van der Waals surface area contributed by atoms with Crippen molar-refractivity contribution < 1.29 is 8.42 Å². The lowest BCUT2D eigenvalue weighted by atomic mass is 10.1. The van der Waals surface area contributed by atoms with Crippen LogP contribution < -0.4 is 15.4 Å². The van der Waals surface area contributed by atoms with Crippen molar-refractivity contribution in [3.63, 3.8) is 0 Å². The first kappa shape index (κ1) is 21.4. The quantitative estimate of drug-likeness (QED) is 0.261. The van der Waals surface area contributed by atoms with Crippen molar-refractivity contribution in [3.05, 3.63) is 34.9 Å². The summed E-state index contributed by atoms with van der Waals surface area (Å²) >= 11 is 6.15. The Bertz CT molecular complexity index is 595. The third-order valence-electron chi connectivity index (χ3n) is 2.73. The highest BCUT2D eigenvalue weighted by molar-refractivity contribution is 14.0. The summed E-state index contributed by atoms with van der Waals surface area (Å²) in [5, 5.41) is 6.92. The van der Waals surface area contributed by atoms with Gasteiger partial charge < -0.3 is 10.6 Å². The van der Waals surface area contributed by atoms with E-state index in [9.17, 15) is 8.42 Å². The molecule has 0 saturated carbocycles. The van der Waals surface area contributed by atoms with E-state index < -0.39 is 10.0 Å². The van der Waals surface area contributed by atoms with Crippen molar-refractivity contribution in [1.82, 2.24) is 15.4 Å². The van der Waals surface area contributed by atoms with Crippen LogP contribution in [0.4, 0.5) is 0 Å². The fourth-order valence-corrected chi connectivity index (χ4v) is 2.49. The molecule has 0 bridgehead atoms. The van der Waals surface area contributed by atoms with E-state index in [4.69, 9.17) is 11.6 Å². The van der Waals surface area contributed by atoms with Gasteiger partial charge in [0, 0.05) is 25.2 Å². The monoisotopic (exact) mass is 460 g/mol. The highest BCUT2D eigenvalue weighted by Crippen LogP contribution is 2.21. The van der Waals surface area contributed by atoms with Crippen LogP contribution in [-0.2, 0) is 10.0 Å². The third-order valence-corrected chi connectivity index (χ3v) is 3.80. The molecule has 1 aromatic carbocycles. The largest absolute Gasteiger partial charge is 0.355 e. The average Bonchev–Trinajstić information content (AvgIpc) is 2.41. The second kappa shape index (κ2) is 10.2. The molecule has 1 aromatic rings. The molecule has 126 valence electrons. The maximum absolute atomic E-state index is 10.9. The minimum Gasteiger partial charge on any atom is -0.355 e. The normalized spacial score (nSPS) is 13.2. The molecule has 0 radical (unpaired) electrons. The Hall–Kier alpha value is -0.580. The van der Waals surface area contributed by atoms with Gasteiger partial charge in [0.25, 0.3) is 0 Å². The molecular formula is C13H22ClIN4O2S. The van der Waals surface area contributed by atoms with Gasteiger partial charge in [-0.1, -0.05) is 29.8 Å². The van der Waals surface area contributed by atoms with Gasteiger partial charge in [-0.3, -0.25) is 4.99 Å². The highest BCUT2D eigenvalue weighted by atomic mass is 127. The number of hydrogen-bond donors (Lipinski definition) is 3. The molecule has 3 N–H and O–H groups in total. The first-order valence-corrected chi connectivity index (χ1v) is 8.76. The van der Waals surface area contributed by atoms with Gasteiger partial charge in [0.05, 0.1) is 12.3 Å². The van der Waals surface area contributed by atoms with E-state index in [1.54, 1.807) is 7.05 Å². The maximum Gasteiger partial charge on any atom is 0.208 e. The summed E-state index contributed by atoms with van der Waals surface area (Å²) in [7, 11) is -1.52. The van der Waals surface area contributed by atoms with Crippen LogP contribution in [0, 0.1) is 0 Å². The Labute approximate surface area is 154 Å². The summed E-state index contributed by atoms with van der Waals surface area (Å²) < 4.78 is 24.3. The first-order valence-electron chi connectivity index (χ1n) is 6.49. The molecule has 6 nitrogen and oxygen atoms in total. The smallest absolute Gasteiger partial charge is 0.208 e. The average molecular weight is 461 g/mol. The number of rotatable bonds is 6. The second-order valence-electron chi connectivity index (χ2n) is 4.55. The molecule has 0 aliphatic heterocycles. The van der Waals surface area contributed by atoms with E-state index >= 15 is 0 Å². The number of nitrogens with zero attached hydrogens (tertiary/aromatic N) is 1. The second-order valence-corrected chi connectivity index (χ2v) is 6.79. The molecular weight excluding hydrogens is 439 g/mol. The van der Waals surface area contributed by atoms with Crippen LogP contribution in [0.5, 0.6) is 0 Å². The lowest BCUT2D eigenvalue weighted by Crippen LogP contribution is -2.42. The molecule has 0 heterocycles. The van der Waals surface area contributed by atoms with Crippen molar-refractivity contribution in [2.24, 2.45) is 4.99 Å². The Balaban J connectivity index is 0.00000441. The molecule has 0 spiro atoms. The summed E-state index contributed by atoms with van der Waals surface area (Å²) in [6.07, 6.45) is 1.12. The fraction of sp³-hybridized carbons (Fsp3) is 0.462. The molecule has 0 aliphatic carbocycles. The minimum atomic E-state index is -3.17. The molecule has 0 aliphatic rings. The Morgan fingerprint density at radius 3 is 2.50 bits per heavy atom. The molecule has 9 heteroatoms. The topological polar surface area (TPSA) is 82.6 Å². The van der Waals surface area contributed by atoms with E-state index in [0.717, 1.165) is 11.8 Å². The van der Waals surface area contributed by atoms with Crippen molar-refractivity contribution in [2.75, 3.05) is 26.4 Å². The van der Waals surface area contributed by atoms with Gasteiger partial charge in [-0.25, -0.2) is 13.1 Å². The van der Waals surface area contributed by atoms with E-state index in [2.05, 4.69) is 20.3 Å². The van der Waals surface area contributed by atoms with Crippen LogP contribution in [0.3, 0.4) is 0 Å². The molecule has 0 aromatic heterocycles. The lowest BCUT2D eigenvalue weighted by molar-refractivity contribution is 0.586. The SMILES string of the molecule is CN=C(NCCNS(C)(=O)=O)NC(C)c1ccccc1Cl.I. The summed E-state index contributed by atoms with van der Waals surface area (Å²) in [6, 6.07) is 7.56. The number of sulfonamides is 1. The number of nitrogens with one attached hydrogen (secondary N) is 3. The number of aliphatic imine (C=N–C) groups is 1. The molecule has 1 unspecified atom stereocenters. The molecule has 1 atom stereocenters. The van der Waals surface area contributed by atoms with Crippen LogP contribution in [0.2, 0.25) is 5.02 Å². The highest BCUT2D eigenvalue weighted by Gasteiger charge is 2.10. The van der Waals surface area contributed by atoms with Gasteiger partial charge in [-0.15, -0.1) is 24.0 Å². The number of benzene rings is 1. The predicted octanol–water partition coefficient (Wildman–Crippen LogP) is 1.73. The third kappa shape index (κ3) is 8.16. The predicted molar refractivity (Wildman–Crippen MR) is 103 cm³/mol. The Morgan fingerprint density at radius 2 is 1.95 bits per heavy atom. The van der Waals surface area contributed by atoms with Gasteiger partial charge in [0.15, 0.2) is 5.96 Å². The van der Waals surface area contributed by atoms with E-state index in [0.29, 0.717) is 24.1 Å². The number of hydrogen-bond acceptors (Lipinski definition) is 3. The minimum absolute atomic E-state index is 0. The van der Waals surface area contributed by atoms with Gasteiger partial charge in [-0.2, -0.15) is 0 Å². The van der Waals surface area contributed by atoms with Crippen LogP contribution in [0.15, 0.2) is 29.3 Å². The fourth-order valence-electron chi connectivity index (χ4n) is 1.72. The van der Waals surface area contributed by atoms with Gasteiger partial charge in [-0.05, 0) is 18.6 Å². The molecule has 22 heavy (non-hydrogen) atoms. The molecule has 0 fully saturated rings. The van der Waals surface area contributed by atoms with Crippen LogP contribution in [0.1, 0.15) is 18.5 Å². The van der Waals surface area contributed by atoms with E-state index in [1.165, 1.54) is 0 Å². The molecule has 0 amide bonds. The van der Waals surface area contributed by atoms with Crippen molar-refractivity contribution in [2.45, 2.75) is 13.0 Å². The summed E-state index contributed by atoms with van der Waals surface area (Å²) in [5.74, 6) is 0.581. The molecule has 1 rings (SSSR count). The van der Waals surface area contributed by atoms with Crippen LogP contribution in [-0.4, -0.2) is 40.8 Å². The maximum atomic E-state index is 10.9. The first-order chi connectivity index (χ1) is 9.83. The zero-order chi connectivity index (χ0) is 15.9. The number of guanidine groups is 1. The van der Waals surface area contributed by atoms with Crippen LogP contribution >= 0.6 is 35.6 Å². The Kier molecular flexibility index (Phi) is 9.97. The zero-order valence-corrected chi connectivity index (χ0v) is 16.7. The summed E-state index contributed by atoms with van der Waals surface area (Å²) in [5.41, 5.74) is 0.969. The van der Waals surface area contributed by atoms with Crippen LogP contribution in [0.25, 0.3) is 0 Å². The van der Waals surface area contributed by atoms with Gasteiger partial charge in [0.2, 0.25) is 10.0 Å². The Morgan fingerprint density at radius 1 is 1.32 bits per heavy atom. The standard InChI is InChI=1S/C13H21ClN4O2S.HI/c1-10(11-6-4-5-7-12(11)14)18-13(15-2)16-8-9-17-21(3,19)20;/h4-7,10,17H,8-9H2,1-3H3,(H2,15,16,18);1H. The van der Waals surface area contributed by atoms with Crippen molar-refractivity contribution in [3.8, 4) is 0 Å². The summed E-state index contributed by atoms with van der Waals surface area (Å²) in [6.45, 7) is 2.70. The van der Waals surface area contributed by atoms with Crippen molar-refractivity contribution in [1.29, 1.82) is 0 Å². The lowest BCUT2D eigenvalue weighted by Gasteiger charge is -2.19. The van der Waals surface area contributed by atoms with Crippen molar-refractivity contribution >= 4 is 51.6 Å². The van der Waals surface area contributed by atoms with Gasteiger partial charge >= 0.3 is 0 Å². The van der Waals surface area contributed by atoms with E-state index in [-0.39, 0.29) is 30.0 Å². The number of halogens is 2. The zero-order valence-electron chi connectivity index (χ0n) is 12.8.